The summed E-state index contributed by atoms with van der Waals surface area (Å²) in [6, 6.07) is 3.43. The van der Waals surface area contributed by atoms with Crippen molar-refractivity contribution in [1.82, 2.24) is 5.32 Å². The molecule has 1 heterocycles. The Kier molecular flexibility index (Phi) is 5.93. The number of rotatable bonds is 5. The van der Waals surface area contributed by atoms with Crippen LogP contribution < -0.4 is 14.8 Å². The maximum Gasteiger partial charge on any atom is 0.234 e. The molecule has 8 heteroatoms. The minimum atomic E-state index is -3.41. The first-order chi connectivity index (χ1) is 9.91. The van der Waals surface area contributed by atoms with E-state index in [1.165, 1.54) is 7.11 Å². The fraction of sp³-hybridized carbons (Fsp3) is 0.538. The smallest absolute Gasteiger partial charge is 0.234 e. The molecule has 0 spiro atoms. The van der Waals surface area contributed by atoms with Crippen LogP contribution in [0.1, 0.15) is 19.3 Å². The molecule has 2 N–H and O–H groups in total. The van der Waals surface area contributed by atoms with Crippen molar-refractivity contribution in [2.75, 3.05) is 24.1 Å². The number of anilines is 1. The topological polar surface area (TPSA) is 67.4 Å². The van der Waals surface area contributed by atoms with Gasteiger partial charge >= 0.3 is 0 Å². The Bertz CT molecular complexity index is 602. The molecule has 0 bridgehead atoms. The van der Waals surface area contributed by atoms with Gasteiger partial charge in [-0.3, -0.25) is 4.72 Å². The SMILES string of the molecule is COc1cc(NS(=O)(=O)CC2CCCCN2)c(Br)cc1Br. The summed E-state index contributed by atoms with van der Waals surface area (Å²) in [7, 11) is -1.87. The van der Waals surface area contributed by atoms with Crippen LogP contribution in [0.3, 0.4) is 0 Å². The summed E-state index contributed by atoms with van der Waals surface area (Å²) in [5.74, 6) is 0.657. The van der Waals surface area contributed by atoms with E-state index in [0.29, 0.717) is 15.9 Å². The second-order valence-electron chi connectivity index (χ2n) is 5.00. The van der Waals surface area contributed by atoms with Crippen LogP contribution in [0.25, 0.3) is 0 Å². The highest BCUT2D eigenvalue weighted by Crippen LogP contribution is 2.35. The maximum atomic E-state index is 12.3. The first kappa shape index (κ1) is 17.1. The van der Waals surface area contributed by atoms with Gasteiger partial charge in [-0.1, -0.05) is 6.42 Å². The normalized spacial score (nSPS) is 19.3. The summed E-state index contributed by atoms with van der Waals surface area (Å²) in [5.41, 5.74) is 0.478. The lowest BCUT2D eigenvalue weighted by atomic mass is 10.1. The van der Waals surface area contributed by atoms with E-state index in [4.69, 9.17) is 4.74 Å². The Morgan fingerprint density at radius 1 is 1.33 bits per heavy atom. The lowest BCUT2D eigenvalue weighted by Crippen LogP contribution is -2.40. The van der Waals surface area contributed by atoms with Crippen molar-refractivity contribution >= 4 is 47.6 Å². The first-order valence-electron chi connectivity index (χ1n) is 6.68. The van der Waals surface area contributed by atoms with Crippen molar-refractivity contribution < 1.29 is 13.2 Å². The van der Waals surface area contributed by atoms with Crippen molar-refractivity contribution in [2.45, 2.75) is 25.3 Å². The number of nitrogens with one attached hydrogen (secondary N) is 2. The van der Waals surface area contributed by atoms with Gasteiger partial charge in [0.05, 0.1) is 23.0 Å². The minimum Gasteiger partial charge on any atom is -0.495 e. The van der Waals surface area contributed by atoms with Gasteiger partial charge in [0.15, 0.2) is 0 Å². The van der Waals surface area contributed by atoms with Gasteiger partial charge in [0, 0.05) is 16.6 Å². The molecule has 1 aromatic rings. The Balaban J connectivity index is 2.12. The molecule has 0 aromatic heterocycles. The number of methoxy groups -OCH3 is 1. The van der Waals surface area contributed by atoms with Crippen LogP contribution in [-0.2, 0) is 10.0 Å². The average molecular weight is 442 g/mol. The number of sulfonamides is 1. The lowest BCUT2D eigenvalue weighted by Gasteiger charge is -2.23. The van der Waals surface area contributed by atoms with E-state index in [9.17, 15) is 8.42 Å². The van der Waals surface area contributed by atoms with E-state index in [1.807, 2.05) is 0 Å². The number of halogens is 2. The van der Waals surface area contributed by atoms with Gasteiger partial charge in [0.1, 0.15) is 5.75 Å². The van der Waals surface area contributed by atoms with Gasteiger partial charge in [-0.2, -0.15) is 0 Å². The molecule has 1 atom stereocenters. The number of hydrogen-bond acceptors (Lipinski definition) is 4. The summed E-state index contributed by atoms with van der Waals surface area (Å²) in [6.45, 7) is 0.885. The van der Waals surface area contributed by atoms with Gasteiger partial charge in [-0.05, 0) is 57.3 Å². The number of ether oxygens (including phenoxy) is 1. The van der Waals surface area contributed by atoms with E-state index in [1.54, 1.807) is 12.1 Å². The van der Waals surface area contributed by atoms with Crippen LogP contribution in [0.4, 0.5) is 5.69 Å². The van der Waals surface area contributed by atoms with E-state index in [2.05, 4.69) is 41.9 Å². The molecule has 0 aliphatic carbocycles. The van der Waals surface area contributed by atoms with Crippen LogP contribution >= 0.6 is 31.9 Å². The summed E-state index contributed by atoms with van der Waals surface area (Å²) < 4.78 is 33.8. The molecular formula is C13H18Br2N2O3S. The molecular weight excluding hydrogens is 424 g/mol. The molecule has 0 amide bonds. The van der Waals surface area contributed by atoms with Gasteiger partial charge in [-0.15, -0.1) is 0 Å². The summed E-state index contributed by atoms with van der Waals surface area (Å²) in [5, 5.41) is 3.24. The van der Waals surface area contributed by atoms with Crippen LogP contribution in [0, 0.1) is 0 Å². The Morgan fingerprint density at radius 2 is 2.10 bits per heavy atom. The molecule has 1 unspecified atom stereocenters. The summed E-state index contributed by atoms with van der Waals surface area (Å²) in [4.78, 5) is 0. The number of benzene rings is 1. The number of piperidine rings is 1. The van der Waals surface area contributed by atoms with Gasteiger partial charge < -0.3 is 10.1 Å². The second kappa shape index (κ2) is 7.30. The predicted octanol–water partition coefficient (Wildman–Crippen LogP) is 3.10. The molecule has 5 nitrogen and oxygen atoms in total. The van der Waals surface area contributed by atoms with Crippen molar-refractivity contribution in [1.29, 1.82) is 0 Å². The van der Waals surface area contributed by atoms with E-state index < -0.39 is 10.0 Å². The highest BCUT2D eigenvalue weighted by atomic mass is 79.9. The zero-order valence-electron chi connectivity index (χ0n) is 11.7. The largest absolute Gasteiger partial charge is 0.495 e. The van der Waals surface area contributed by atoms with E-state index in [0.717, 1.165) is 30.3 Å². The Morgan fingerprint density at radius 3 is 2.71 bits per heavy atom. The van der Waals surface area contributed by atoms with Crippen molar-refractivity contribution in [2.24, 2.45) is 0 Å². The third kappa shape index (κ3) is 4.84. The highest BCUT2D eigenvalue weighted by molar-refractivity contribution is 9.11. The summed E-state index contributed by atoms with van der Waals surface area (Å²) in [6.07, 6.45) is 3.08. The molecule has 0 radical (unpaired) electrons. The highest BCUT2D eigenvalue weighted by Gasteiger charge is 2.22. The molecule has 1 saturated heterocycles. The van der Waals surface area contributed by atoms with Crippen LogP contribution in [-0.4, -0.2) is 33.9 Å². The second-order valence-corrected chi connectivity index (χ2v) is 8.47. The molecule has 0 saturated carbocycles. The molecule has 118 valence electrons. The van der Waals surface area contributed by atoms with E-state index in [-0.39, 0.29) is 11.8 Å². The fourth-order valence-corrected chi connectivity index (χ4v) is 5.09. The molecule has 1 aromatic carbocycles. The Labute approximate surface area is 142 Å². The van der Waals surface area contributed by atoms with Crippen LogP contribution in [0.15, 0.2) is 21.1 Å². The third-order valence-corrected chi connectivity index (χ3v) is 5.99. The van der Waals surface area contributed by atoms with Gasteiger partial charge in [0.2, 0.25) is 10.0 Å². The van der Waals surface area contributed by atoms with Gasteiger partial charge in [-0.25, -0.2) is 8.42 Å². The Hall–Kier alpha value is -0.310. The molecule has 1 aliphatic rings. The molecule has 2 rings (SSSR count). The quantitative estimate of drug-likeness (QED) is 0.736. The zero-order valence-corrected chi connectivity index (χ0v) is 15.6. The van der Waals surface area contributed by atoms with Crippen LogP contribution in [0.2, 0.25) is 0 Å². The zero-order chi connectivity index (χ0) is 15.5. The average Bonchev–Trinajstić information content (AvgIpc) is 2.42. The van der Waals surface area contributed by atoms with E-state index >= 15 is 0 Å². The molecule has 1 aliphatic heterocycles. The summed E-state index contributed by atoms with van der Waals surface area (Å²) >= 11 is 6.72. The monoisotopic (exact) mass is 440 g/mol. The predicted molar refractivity (Wildman–Crippen MR) is 91.4 cm³/mol. The van der Waals surface area contributed by atoms with Crippen molar-refractivity contribution in [3.63, 3.8) is 0 Å². The standard InChI is InChI=1S/C13H18Br2N2O3S/c1-20-13-7-12(10(14)6-11(13)15)17-21(18,19)8-9-4-2-3-5-16-9/h6-7,9,16-17H,2-5,8H2,1H3. The van der Waals surface area contributed by atoms with Crippen molar-refractivity contribution in [3.8, 4) is 5.75 Å². The van der Waals surface area contributed by atoms with Gasteiger partial charge in [0.25, 0.3) is 0 Å². The minimum absolute atomic E-state index is 0.0207. The third-order valence-electron chi connectivity index (χ3n) is 3.34. The lowest BCUT2D eigenvalue weighted by molar-refractivity contribution is 0.412. The first-order valence-corrected chi connectivity index (χ1v) is 9.92. The van der Waals surface area contributed by atoms with Crippen LogP contribution in [0.5, 0.6) is 5.75 Å². The molecule has 1 fully saturated rings. The molecule has 21 heavy (non-hydrogen) atoms. The van der Waals surface area contributed by atoms with Crippen molar-refractivity contribution in [3.05, 3.63) is 21.1 Å². The number of hydrogen-bond donors (Lipinski definition) is 2. The fourth-order valence-electron chi connectivity index (χ4n) is 2.30. The maximum absolute atomic E-state index is 12.3.